The Morgan fingerprint density at radius 3 is 2.53 bits per heavy atom. The number of hydrogen-bond acceptors (Lipinski definition) is 5. The summed E-state index contributed by atoms with van der Waals surface area (Å²) in [4.78, 5) is 2.22. The van der Waals surface area contributed by atoms with Gasteiger partial charge in [0.15, 0.2) is 9.84 Å². The van der Waals surface area contributed by atoms with Gasteiger partial charge in [-0.1, -0.05) is 6.58 Å². The Balaban J connectivity index is 2.46. The van der Waals surface area contributed by atoms with Crippen LogP contribution in [0.4, 0.5) is 5.69 Å². The van der Waals surface area contributed by atoms with Gasteiger partial charge >= 0.3 is 0 Å². The predicted octanol–water partition coefficient (Wildman–Crippen LogP) is 1.46. The first kappa shape index (κ1) is 13.9. The number of anilines is 1. The lowest BCUT2D eigenvalue weighted by Crippen LogP contribution is -2.36. The first-order chi connectivity index (χ1) is 8.89. The Morgan fingerprint density at radius 2 is 2.00 bits per heavy atom. The minimum atomic E-state index is -3.30. The van der Waals surface area contributed by atoms with E-state index in [9.17, 15) is 13.5 Å². The van der Waals surface area contributed by atoms with Crippen LogP contribution in [0, 0.1) is 0 Å². The van der Waals surface area contributed by atoms with Crippen molar-refractivity contribution in [3.8, 4) is 0 Å². The first-order valence-corrected chi connectivity index (χ1v) is 7.84. The van der Waals surface area contributed by atoms with E-state index in [2.05, 4.69) is 6.58 Å². The van der Waals surface area contributed by atoms with Gasteiger partial charge in [0.25, 0.3) is 0 Å². The summed E-state index contributed by atoms with van der Waals surface area (Å²) in [5, 5.41) is 9.68. The number of hydrogen-bond donors (Lipinski definition) is 1. The molecule has 0 bridgehead atoms. The van der Waals surface area contributed by atoms with E-state index in [-0.39, 0.29) is 10.7 Å². The fraction of sp³-hybridized carbons (Fsp3) is 0.385. The summed E-state index contributed by atoms with van der Waals surface area (Å²) in [6.45, 7) is 6.15. The second-order valence-corrected chi connectivity index (χ2v) is 6.51. The molecule has 1 aromatic carbocycles. The van der Waals surface area contributed by atoms with Crippen LogP contribution in [0.5, 0.6) is 0 Å². The fourth-order valence-electron chi connectivity index (χ4n) is 2.06. The maximum Gasteiger partial charge on any atom is 0.175 e. The van der Waals surface area contributed by atoms with Crippen LogP contribution in [0.25, 0.3) is 5.76 Å². The van der Waals surface area contributed by atoms with Gasteiger partial charge in [0.05, 0.1) is 18.1 Å². The van der Waals surface area contributed by atoms with Crippen LogP contribution in [0.3, 0.4) is 0 Å². The van der Waals surface area contributed by atoms with Gasteiger partial charge in [-0.2, -0.15) is 0 Å². The van der Waals surface area contributed by atoms with E-state index in [1.165, 1.54) is 6.07 Å². The summed E-state index contributed by atoms with van der Waals surface area (Å²) in [6.07, 6.45) is 1.14. The van der Waals surface area contributed by atoms with Gasteiger partial charge in [0.1, 0.15) is 5.76 Å². The molecule has 0 aliphatic carbocycles. The van der Waals surface area contributed by atoms with E-state index in [0.717, 1.165) is 11.9 Å². The average molecular weight is 283 g/mol. The minimum Gasteiger partial charge on any atom is -0.508 e. The molecule has 2 rings (SSSR count). The fourth-order valence-corrected chi connectivity index (χ4v) is 2.70. The molecular weight excluding hydrogens is 266 g/mol. The molecule has 0 unspecified atom stereocenters. The third kappa shape index (κ3) is 3.08. The average Bonchev–Trinajstić information content (AvgIpc) is 2.38. The summed E-state index contributed by atoms with van der Waals surface area (Å²) in [6, 6.07) is 4.72. The molecule has 1 aliphatic rings. The molecule has 0 radical (unpaired) electrons. The van der Waals surface area contributed by atoms with E-state index < -0.39 is 9.84 Å². The molecule has 5 nitrogen and oxygen atoms in total. The van der Waals surface area contributed by atoms with E-state index >= 15 is 0 Å². The van der Waals surface area contributed by atoms with Crippen molar-refractivity contribution in [3.05, 3.63) is 30.3 Å². The molecule has 6 heteroatoms. The van der Waals surface area contributed by atoms with Gasteiger partial charge in [-0.15, -0.1) is 0 Å². The molecule has 0 aromatic heterocycles. The van der Waals surface area contributed by atoms with Crippen LogP contribution in [-0.4, -0.2) is 46.1 Å². The molecule has 1 N–H and O–H groups in total. The van der Waals surface area contributed by atoms with Crippen molar-refractivity contribution >= 4 is 21.3 Å². The standard InChI is InChI=1S/C13H17NO4S/c1-10(15)12-9-11(19(2,16)17)3-4-13(12)14-5-7-18-8-6-14/h3-4,9,15H,1,5-8H2,2H3. The van der Waals surface area contributed by atoms with Crippen LogP contribution in [0.1, 0.15) is 5.56 Å². The van der Waals surface area contributed by atoms with Crippen LogP contribution < -0.4 is 4.90 Å². The number of aliphatic hydroxyl groups is 1. The van der Waals surface area contributed by atoms with Crippen molar-refractivity contribution in [2.45, 2.75) is 4.90 Å². The van der Waals surface area contributed by atoms with E-state index in [4.69, 9.17) is 4.74 Å². The highest BCUT2D eigenvalue weighted by atomic mass is 32.2. The number of morpholine rings is 1. The number of aliphatic hydroxyl groups excluding tert-OH is 1. The Hall–Kier alpha value is -1.53. The zero-order valence-electron chi connectivity index (χ0n) is 10.8. The SMILES string of the molecule is C=C(O)c1cc(S(C)(=O)=O)ccc1N1CCOCC1. The maximum absolute atomic E-state index is 11.6. The van der Waals surface area contributed by atoms with E-state index in [1.54, 1.807) is 12.1 Å². The van der Waals surface area contributed by atoms with Crippen molar-refractivity contribution in [1.82, 2.24) is 0 Å². The lowest BCUT2D eigenvalue weighted by Gasteiger charge is -2.30. The molecule has 1 saturated heterocycles. The largest absolute Gasteiger partial charge is 0.508 e. The third-order valence-corrected chi connectivity index (χ3v) is 4.17. The van der Waals surface area contributed by atoms with Gasteiger partial charge in [0, 0.05) is 30.6 Å². The van der Waals surface area contributed by atoms with Crippen molar-refractivity contribution < 1.29 is 18.3 Å². The highest BCUT2D eigenvalue weighted by molar-refractivity contribution is 7.90. The number of ether oxygens (including phenoxy) is 1. The monoisotopic (exact) mass is 283 g/mol. The normalized spacial score (nSPS) is 16.4. The van der Waals surface area contributed by atoms with E-state index in [1.807, 2.05) is 4.90 Å². The number of benzene rings is 1. The Bertz CT molecular complexity index is 589. The lowest BCUT2D eigenvalue weighted by atomic mass is 10.1. The quantitative estimate of drug-likeness (QED) is 0.851. The summed E-state index contributed by atoms with van der Waals surface area (Å²) in [5.74, 6) is -0.132. The molecule has 1 fully saturated rings. The smallest absolute Gasteiger partial charge is 0.175 e. The molecule has 104 valence electrons. The lowest BCUT2D eigenvalue weighted by molar-refractivity contribution is 0.122. The molecule has 0 atom stereocenters. The third-order valence-electron chi connectivity index (χ3n) is 3.06. The molecule has 0 saturated carbocycles. The van der Waals surface area contributed by atoms with Crippen molar-refractivity contribution in [3.63, 3.8) is 0 Å². The van der Waals surface area contributed by atoms with Gasteiger partial charge in [-0.25, -0.2) is 8.42 Å². The van der Waals surface area contributed by atoms with Crippen LogP contribution in [-0.2, 0) is 14.6 Å². The molecule has 19 heavy (non-hydrogen) atoms. The van der Waals surface area contributed by atoms with Gasteiger partial charge in [-0.3, -0.25) is 0 Å². The van der Waals surface area contributed by atoms with Crippen LogP contribution >= 0.6 is 0 Å². The van der Waals surface area contributed by atoms with Crippen molar-refractivity contribution in [2.75, 3.05) is 37.5 Å². The van der Waals surface area contributed by atoms with Gasteiger partial charge < -0.3 is 14.7 Å². The topological polar surface area (TPSA) is 66.8 Å². The zero-order chi connectivity index (χ0) is 14.0. The summed E-state index contributed by atoms with van der Waals surface area (Å²) < 4.78 is 28.4. The van der Waals surface area contributed by atoms with Crippen LogP contribution in [0.2, 0.25) is 0 Å². The minimum absolute atomic E-state index is 0.132. The molecule has 1 heterocycles. The van der Waals surface area contributed by atoms with Crippen molar-refractivity contribution in [1.29, 1.82) is 0 Å². The maximum atomic E-state index is 11.6. The van der Waals surface area contributed by atoms with Gasteiger partial charge in [0.2, 0.25) is 0 Å². The molecule has 1 aromatic rings. The van der Waals surface area contributed by atoms with Gasteiger partial charge in [-0.05, 0) is 18.2 Å². The Morgan fingerprint density at radius 1 is 1.37 bits per heavy atom. The Kier molecular flexibility index (Phi) is 3.82. The number of nitrogens with zero attached hydrogens (tertiary/aromatic N) is 1. The highest BCUT2D eigenvalue weighted by Gasteiger charge is 2.18. The highest BCUT2D eigenvalue weighted by Crippen LogP contribution is 2.28. The van der Waals surface area contributed by atoms with E-state index in [0.29, 0.717) is 31.9 Å². The van der Waals surface area contributed by atoms with Crippen molar-refractivity contribution in [2.24, 2.45) is 0 Å². The summed E-state index contributed by atoms with van der Waals surface area (Å²) >= 11 is 0. The molecule has 1 aliphatic heterocycles. The predicted molar refractivity (Wildman–Crippen MR) is 74.2 cm³/mol. The first-order valence-electron chi connectivity index (χ1n) is 5.94. The number of sulfone groups is 1. The Labute approximate surface area is 113 Å². The number of rotatable bonds is 3. The molecule has 0 amide bonds. The zero-order valence-corrected chi connectivity index (χ0v) is 11.6. The molecular formula is C13H17NO4S. The molecule has 0 spiro atoms. The second kappa shape index (κ2) is 5.22. The second-order valence-electron chi connectivity index (χ2n) is 4.50. The summed E-state index contributed by atoms with van der Waals surface area (Å²) in [5.41, 5.74) is 1.23. The summed E-state index contributed by atoms with van der Waals surface area (Å²) in [7, 11) is -3.30. The van der Waals surface area contributed by atoms with Crippen LogP contribution in [0.15, 0.2) is 29.7 Å².